The summed E-state index contributed by atoms with van der Waals surface area (Å²) in [6, 6.07) is 3.83. The molecule has 1 N–H and O–H groups in total. The molecule has 8 heteroatoms. The van der Waals surface area contributed by atoms with Crippen molar-refractivity contribution in [3.63, 3.8) is 0 Å². The van der Waals surface area contributed by atoms with Crippen molar-refractivity contribution in [2.75, 3.05) is 5.32 Å². The van der Waals surface area contributed by atoms with Crippen molar-refractivity contribution in [3.05, 3.63) is 51.8 Å². The van der Waals surface area contributed by atoms with Crippen molar-refractivity contribution in [1.29, 1.82) is 0 Å². The van der Waals surface area contributed by atoms with Gasteiger partial charge in [-0.05, 0) is 32.0 Å². The summed E-state index contributed by atoms with van der Waals surface area (Å²) in [5, 5.41) is 2.40. The lowest BCUT2D eigenvalue weighted by Gasteiger charge is -2.15. The lowest BCUT2D eigenvalue weighted by molar-refractivity contribution is 0.102. The lowest BCUT2D eigenvalue weighted by Crippen LogP contribution is -2.26. The van der Waals surface area contributed by atoms with Crippen molar-refractivity contribution in [3.8, 4) is 5.88 Å². The van der Waals surface area contributed by atoms with Gasteiger partial charge in [0.1, 0.15) is 17.5 Å². The number of rotatable bonds is 3. The zero-order chi connectivity index (χ0) is 18.6. The van der Waals surface area contributed by atoms with Gasteiger partial charge in [0, 0.05) is 24.6 Å². The van der Waals surface area contributed by atoms with E-state index < -0.39 is 35.2 Å². The summed E-state index contributed by atoms with van der Waals surface area (Å²) in [5.74, 6) is -1.58. The molecule has 26 heavy (non-hydrogen) atoms. The third-order valence-corrected chi connectivity index (χ3v) is 4.51. The van der Waals surface area contributed by atoms with Gasteiger partial charge in [-0.3, -0.25) is 9.59 Å². The molecule has 1 saturated carbocycles. The number of carbonyl (C=O) groups excluding carboxylic acids is 1. The van der Waals surface area contributed by atoms with E-state index in [4.69, 9.17) is 4.74 Å². The van der Waals surface area contributed by atoms with E-state index in [1.54, 1.807) is 0 Å². The Labute approximate surface area is 147 Å². The highest BCUT2D eigenvalue weighted by atomic mass is 19.1. The van der Waals surface area contributed by atoms with E-state index in [0.717, 1.165) is 0 Å². The maximum Gasteiger partial charge on any atom is 0.274 e. The van der Waals surface area contributed by atoms with E-state index >= 15 is 0 Å². The van der Waals surface area contributed by atoms with Crippen LogP contribution in [0, 0.1) is 5.95 Å². The highest BCUT2D eigenvalue weighted by molar-refractivity contribution is 6.04. The Balaban J connectivity index is 1.61. The number of amides is 1. The molecule has 6 nitrogen and oxygen atoms in total. The van der Waals surface area contributed by atoms with Gasteiger partial charge in [0.05, 0.1) is 11.6 Å². The number of fused-ring (bicyclic) bond motifs is 1. The number of alkyl halides is 1. The number of hydrogen-bond acceptors (Lipinski definition) is 4. The first kappa shape index (κ1) is 16.7. The second-order valence-electron chi connectivity index (χ2n) is 7.24. The molecule has 1 aliphatic heterocycles. The number of anilines is 1. The molecular weight excluding hydrogens is 344 g/mol. The second kappa shape index (κ2) is 5.62. The number of ether oxygens (including phenoxy) is 1. The number of nitrogens with one attached hydrogen (secondary N) is 1. The Kier molecular flexibility index (Phi) is 3.61. The summed E-state index contributed by atoms with van der Waals surface area (Å²) in [4.78, 5) is 28.5. The fraction of sp³-hybridized carbons (Fsp3) is 0.389. The van der Waals surface area contributed by atoms with E-state index in [2.05, 4.69) is 10.3 Å². The summed E-state index contributed by atoms with van der Waals surface area (Å²) in [5.41, 5.74) is -0.713. The molecular formula is C18H17F2N3O3. The Morgan fingerprint density at radius 2 is 2.19 bits per heavy atom. The minimum atomic E-state index is -1.06. The van der Waals surface area contributed by atoms with E-state index in [0.29, 0.717) is 12.0 Å². The third-order valence-electron chi connectivity index (χ3n) is 4.51. The van der Waals surface area contributed by atoms with Gasteiger partial charge < -0.3 is 14.6 Å². The average Bonchev–Trinajstić information content (AvgIpc) is 3.19. The maximum atomic E-state index is 14.2. The highest BCUT2D eigenvalue weighted by Crippen LogP contribution is 2.38. The van der Waals surface area contributed by atoms with Gasteiger partial charge in [0.2, 0.25) is 11.8 Å². The predicted octanol–water partition coefficient (Wildman–Crippen LogP) is 2.63. The molecule has 1 aliphatic carbocycles. The Bertz CT molecular complexity index is 971. The monoisotopic (exact) mass is 361 g/mol. The van der Waals surface area contributed by atoms with Crippen LogP contribution in [0.2, 0.25) is 0 Å². The van der Waals surface area contributed by atoms with Crippen LogP contribution in [-0.2, 0) is 6.42 Å². The predicted molar refractivity (Wildman–Crippen MR) is 89.8 cm³/mol. The van der Waals surface area contributed by atoms with Crippen molar-refractivity contribution in [1.82, 2.24) is 9.55 Å². The summed E-state index contributed by atoms with van der Waals surface area (Å²) in [6.45, 7) is 3.68. The van der Waals surface area contributed by atoms with E-state index in [9.17, 15) is 18.4 Å². The molecule has 3 heterocycles. The molecule has 0 saturated heterocycles. The van der Waals surface area contributed by atoms with Gasteiger partial charge in [-0.1, -0.05) is 0 Å². The third kappa shape index (κ3) is 2.85. The molecule has 136 valence electrons. The first-order chi connectivity index (χ1) is 12.2. The number of pyridine rings is 2. The Hall–Kier alpha value is -2.77. The van der Waals surface area contributed by atoms with Crippen LogP contribution in [0.3, 0.4) is 0 Å². The minimum absolute atomic E-state index is 0.0342. The van der Waals surface area contributed by atoms with Crippen LogP contribution in [0.15, 0.2) is 29.2 Å². The summed E-state index contributed by atoms with van der Waals surface area (Å²) in [6.07, 6.45) is 1.18. The zero-order valence-corrected chi connectivity index (χ0v) is 14.3. The van der Waals surface area contributed by atoms with Gasteiger partial charge in [-0.15, -0.1) is 0 Å². The van der Waals surface area contributed by atoms with Crippen LogP contribution in [0.25, 0.3) is 0 Å². The molecule has 1 fully saturated rings. The standard InChI is InChI=1S/C18H17F2N3O3/c1-18(2)8-9-6-10(14(20)22-16(9)26-18)15(24)21-12-4-3-5-23(17(12)25)13-7-11(13)19/h3-6,11,13H,7-8H2,1-2H3,(H,21,24)/t11-,13+/m1/s1. The quantitative estimate of drug-likeness (QED) is 0.853. The largest absolute Gasteiger partial charge is 0.471 e. The summed E-state index contributed by atoms with van der Waals surface area (Å²) >= 11 is 0. The minimum Gasteiger partial charge on any atom is -0.471 e. The van der Waals surface area contributed by atoms with Gasteiger partial charge in [0.25, 0.3) is 11.5 Å². The number of nitrogens with zero attached hydrogens (tertiary/aromatic N) is 2. The van der Waals surface area contributed by atoms with Crippen LogP contribution in [-0.4, -0.2) is 27.2 Å². The summed E-state index contributed by atoms with van der Waals surface area (Å²) in [7, 11) is 0. The van der Waals surface area contributed by atoms with Gasteiger partial charge in [-0.2, -0.15) is 9.37 Å². The number of halogens is 2. The SMILES string of the molecule is CC1(C)Cc2cc(C(=O)Nc3cccn([C@H]4C[C@H]4F)c3=O)c(F)nc2O1. The molecule has 2 aliphatic rings. The molecule has 1 amide bonds. The van der Waals surface area contributed by atoms with Crippen molar-refractivity contribution in [2.45, 2.75) is 44.5 Å². The van der Waals surface area contributed by atoms with Crippen LogP contribution in [0.5, 0.6) is 5.88 Å². The maximum absolute atomic E-state index is 14.2. The number of hydrogen-bond donors (Lipinski definition) is 1. The Morgan fingerprint density at radius 1 is 1.46 bits per heavy atom. The molecule has 2 aromatic heterocycles. The van der Waals surface area contributed by atoms with Crippen molar-refractivity contribution >= 4 is 11.6 Å². The first-order valence-corrected chi connectivity index (χ1v) is 8.30. The van der Waals surface area contributed by atoms with Gasteiger partial charge in [0.15, 0.2) is 0 Å². The first-order valence-electron chi connectivity index (χ1n) is 8.30. The highest BCUT2D eigenvalue weighted by Gasteiger charge is 2.40. The van der Waals surface area contributed by atoms with E-state index in [1.807, 2.05) is 13.8 Å². The molecule has 0 spiro atoms. The summed E-state index contributed by atoms with van der Waals surface area (Å²) < 4.78 is 34.2. The molecule has 0 bridgehead atoms. The smallest absolute Gasteiger partial charge is 0.274 e. The van der Waals surface area contributed by atoms with Crippen LogP contribution in [0.4, 0.5) is 14.5 Å². The molecule has 2 atom stereocenters. The van der Waals surface area contributed by atoms with E-state index in [-0.39, 0.29) is 23.6 Å². The fourth-order valence-electron chi connectivity index (χ4n) is 3.14. The van der Waals surface area contributed by atoms with Gasteiger partial charge >= 0.3 is 0 Å². The fourth-order valence-corrected chi connectivity index (χ4v) is 3.14. The number of carbonyl (C=O) groups is 1. The molecule has 2 aromatic rings. The lowest BCUT2D eigenvalue weighted by atomic mass is 10.0. The van der Waals surface area contributed by atoms with Crippen LogP contribution < -0.4 is 15.6 Å². The molecule has 4 rings (SSSR count). The average molecular weight is 361 g/mol. The number of aromatic nitrogens is 2. The molecule has 0 unspecified atom stereocenters. The van der Waals surface area contributed by atoms with Crippen molar-refractivity contribution in [2.24, 2.45) is 0 Å². The van der Waals surface area contributed by atoms with Crippen LogP contribution >= 0.6 is 0 Å². The van der Waals surface area contributed by atoms with Gasteiger partial charge in [-0.25, -0.2) is 4.39 Å². The Morgan fingerprint density at radius 3 is 2.88 bits per heavy atom. The topological polar surface area (TPSA) is 73.2 Å². The normalized spacial score (nSPS) is 22.5. The molecule has 0 radical (unpaired) electrons. The zero-order valence-electron chi connectivity index (χ0n) is 14.3. The molecule has 0 aromatic carbocycles. The van der Waals surface area contributed by atoms with E-state index in [1.165, 1.54) is 29.0 Å². The van der Waals surface area contributed by atoms with Crippen LogP contribution in [0.1, 0.15) is 42.2 Å². The second-order valence-corrected chi connectivity index (χ2v) is 7.24. The van der Waals surface area contributed by atoms with Crippen molar-refractivity contribution < 1.29 is 18.3 Å².